The molecule has 0 fully saturated rings. The normalized spacial score (nSPS) is 12.5. The molecule has 0 saturated carbocycles. The molecule has 35 heavy (non-hydrogen) atoms. The molecule has 0 amide bonds. The van der Waals surface area contributed by atoms with E-state index in [2.05, 4.69) is 116 Å². The highest BCUT2D eigenvalue weighted by Crippen LogP contribution is 2.43. The summed E-state index contributed by atoms with van der Waals surface area (Å²) in [7, 11) is 0. The van der Waals surface area contributed by atoms with Gasteiger partial charge in [0.1, 0.15) is 0 Å². The molecule has 0 atom stereocenters. The van der Waals surface area contributed by atoms with Crippen molar-refractivity contribution >= 4 is 21.7 Å². The molecule has 7 rings (SSSR count). The Labute approximate surface area is 205 Å². The molecule has 166 valence electrons. The summed E-state index contributed by atoms with van der Waals surface area (Å²) in [4.78, 5) is 5.36. The van der Waals surface area contributed by atoms with Gasteiger partial charge < -0.3 is 0 Å². The van der Waals surface area contributed by atoms with Crippen molar-refractivity contribution < 1.29 is 0 Å². The van der Waals surface area contributed by atoms with Gasteiger partial charge in [-0.25, -0.2) is 4.98 Å². The number of fused-ring (bicyclic) bond motifs is 6. The fourth-order valence-electron chi connectivity index (χ4n) is 5.66. The number of pyridine rings is 1. The van der Waals surface area contributed by atoms with Gasteiger partial charge in [0.15, 0.2) is 0 Å². The van der Waals surface area contributed by atoms with Crippen LogP contribution in [0.1, 0.15) is 16.7 Å². The van der Waals surface area contributed by atoms with Gasteiger partial charge in [0, 0.05) is 16.3 Å². The maximum Gasteiger partial charge on any atom is 0.0794 e. The summed E-state index contributed by atoms with van der Waals surface area (Å²) in [5.41, 5.74) is 12.7. The monoisotopic (exact) mass is 447 g/mol. The second-order valence-electron chi connectivity index (χ2n) is 9.60. The van der Waals surface area contributed by atoms with Crippen LogP contribution in [0.15, 0.2) is 109 Å². The third-order valence-corrected chi connectivity index (χ3v) is 7.43. The van der Waals surface area contributed by atoms with Gasteiger partial charge in [-0.2, -0.15) is 0 Å². The molecule has 0 saturated heterocycles. The Morgan fingerprint density at radius 2 is 1.40 bits per heavy atom. The minimum Gasteiger partial charge on any atom is -0.247 e. The fraction of sp³-hybridized carbons (Fsp3) is 0.0882. The number of benzene rings is 5. The molecule has 6 aromatic rings. The molecule has 0 unspecified atom stereocenters. The van der Waals surface area contributed by atoms with Gasteiger partial charge in [-0.15, -0.1) is 0 Å². The summed E-state index contributed by atoms with van der Waals surface area (Å²) in [6.07, 6.45) is 2.06. The number of aromatic nitrogens is 1. The summed E-state index contributed by atoms with van der Waals surface area (Å²) in [6, 6.07) is 39.8. The largest absolute Gasteiger partial charge is 0.247 e. The first-order valence-electron chi connectivity index (χ1n) is 12.4. The fourth-order valence-corrected chi connectivity index (χ4v) is 5.66. The predicted molar refractivity (Wildman–Crippen MR) is 148 cm³/mol. The molecule has 0 N–H and O–H groups in total. The number of hydrogen-bond acceptors (Lipinski definition) is 1. The SMILES string of the molecule is Cc1ccc(-c2cccc(-c3c4c(nc5c3ccc3ccccc35)-c3ccccc3CC4)c2)cc1. The van der Waals surface area contributed by atoms with E-state index in [0.29, 0.717) is 0 Å². The average Bonchev–Trinajstić information content (AvgIpc) is 2.92. The third kappa shape index (κ3) is 3.27. The number of rotatable bonds is 2. The van der Waals surface area contributed by atoms with E-state index in [1.807, 2.05) is 0 Å². The Morgan fingerprint density at radius 1 is 0.600 bits per heavy atom. The van der Waals surface area contributed by atoms with E-state index in [0.717, 1.165) is 24.1 Å². The summed E-state index contributed by atoms with van der Waals surface area (Å²) in [5, 5.41) is 3.69. The lowest BCUT2D eigenvalue weighted by molar-refractivity contribution is 0.935. The van der Waals surface area contributed by atoms with Gasteiger partial charge in [0.2, 0.25) is 0 Å². The summed E-state index contributed by atoms with van der Waals surface area (Å²) in [5.74, 6) is 0. The van der Waals surface area contributed by atoms with Crippen molar-refractivity contribution in [2.45, 2.75) is 19.8 Å². The molecular formula is C34H25N. The van der Waals surface area contributed by atoms with Gasteiger partial charge in [-0.1, -0.05) is 109 Å². The Hall–Kier alpha value is -4.23. The molecule has 1 heteroatoms. The average molecular weight is 448 g/mol. The van der Waals surface area contributed by atoms with E-state index < -0.39 is 0 Å². The van der Waals surface area contributed by atoms with E-state index >= 15 is 0 Å². The van der Waals surface area contributed by atoms with Crippen molar-refractivity contribution in [1.82, 2.24) is 4.98 Å². The molecule has 1 heterocycles. The highest BCUT2D eigenvalue weighted by atomic mass is 14.7. The van der Waals surface area contributed by atoms with Gasteiger partial charge in [-0.3, -0.25) is 0 Å². The molecule has 5 aromatic carbocycles. The van der Waals surface area contributed by atoms with Crippen LogP contribution in [-0.4, -0.2) is 4.98 Å². The lowest BCUT2D eigenvalue weighted by atomic mass is 9.82. The lowest BCUT2D eigenvalue weighted by Crippen LogP contribution is -2.08. The van der Waals surface area contributed by atoms with Crippen molar-refractivity contribution in [1.29, 1.82) is 0 Å². The predicted octanol–water partition coefficient (Wildman–Crippen LogP) is 8.80. The minimum absolute atomic E-state index is 1.01. The number of aryl methyl sites for hydroxylation is 2. The second-order valence-corrected chi connectivity index (χ2v) is 9.60. The standard InChI is InChI=1S/C34H25N/c1-22-13-15-23(16-14-22)26-9-6-10-27(21-26)32-30-19-17-24-7-2-4-11-28(24)33(30)35-34-29-12-5-3-8-25(29)18-20-31(32)34/h2-17,19,21H,18,20H2,1H3. The van der Waals surface area contributed by atoms with E-state index in [1.165, 1.54) is 60.7 Å². The molecule has 0 bridgehead atoms. The smallest absolute Gasteiger partial charge is 0.0794 e. The Balaban J connectivity index is 1.56. The molecular weight excluding hydrogens is 422 g/mol. The first-order chi connectivity index (χ1) is 17.3. The first kappa shape index (κ1) is 20.2. The quantitative estimate of drug-likeness (QED) is 0.242. The van der Waals surface area contributed by atoms with Crippen LogP contribution in [0.3, 0.4) is 0 Å². The molecule has 1 aliphatic carbocycles. The molecule has 0 spiro atoms. The van der Waals surface area contributed by atoms with E-state index in [1.54, 1.807) is 0 Å². The van der Waals surface area contributed by atoms with E-state index in [4.69, 9.17) is 4.98 Å². The van der Waals surface area contributed by atoms with E-state index in [-0.39, 0.29) is 0 Å². The van der Waals surface area contributed by atoms with Crippen LogP contribution >= 0.6 is 0 Å². The first-order valence-corrected chi connectivity index (χ1v) is 12.4. The van der Waals surface area contributed by atoms with Gasteiger partial charge >= 0.3 is 0 Å². The molecule has 1 aliphatic rings. The zero-order valence-corrected chi connectivity index (χ0v) is 19.8. The summed E-state index contributed by atoms with van der Waals surface area (Å²) in [6.45, 7) is 2.14. The minimum atomic E-state index is 1.01. The van der Waals surface area contributed by atoms with Crippen LogP contribution in [0, 0.1) is 6.92 Å². The van der Waals surface area contributed by atoms with Gasteiger partial charge in [0.05, 0.1) is 11.2 Å². The Bertz CT molecular complexity index is 1740. The molecule has 1 aromatic heterocycles. The maximum atomic E-state index is 5.36. The van der Waals surface area contributed by atoms with Crippen LogP contribution in [-0.2, 0) is 12.8 Å². The van der Waals surface area contributed by atoms with Crippen molar-refractivity contribution in [3.05, 3.63) is 126 Å². The topological polar surface area (TPSA) is 12.9 Å². The number of hydrogen-bond donors (Lipinski definition) is 0. The van der Waals surface area contributed by atoms with Crippen LogP contribution in [0.25, 0.3) is 55.2 Å². The highest BCUT2D eigenvalue weighted by Gasteiger charge is 2.24. The molecule has 0 radical (unpaired) electrons. The zero-order valence-electron chi connectivity index (χ0n) is 19.8. The van der Waals surface area contributed by atoms with Crippen molar-refractivity contribution in [3.8, 4) is 33.5 Å². The van der Waals surface area contributed by atoms with Crippen molar-refractivity contribution in [3.63, 3.8) is 0 Å². The Morgan fingerprint density at radius 3 is 2.31 bits per heavy atom. The molecule has 1 nitrogen and oxygen atoms in total. The summed E-state index contributed by atoms with van der Waals surface area (Å²) < 4.78 is 0. The number of nitrogens with zero attached hydrogens (tertiary/aromatic N) is 1. The van der Waals surface area contributed by atoms with Crippen LogP contribution < -0.4 is 0 Å². The van der Waals surface area contributed by atoms with Gasteiger partial charge in [0.25, 0.3) is 0 Å². The molecule has 0 aliphatic heterocycles. The zero-order chi connectivity index (χ0) is 23.4. The highest BCUT2D eigenvalue weighted by molar-refractivity contribution is 6.12. The third-order valence-electron chi connectivity index (χ3n) is 7.43. The maximum absolute atomic E-state index is 5.36. The van der Waals surface area contributed by atoms with Crippen LogP contribution in [0.4, 0.5) is 0 Å². The Kier molecular flexibility index (Phi) is 4.57. The van der Waals surface area contributed by atoms with Crippen molar-refractivity contribution in [2.75, 3.05) is 0 Å². The van der Waals surface area contributed by atoms with Crippen LogP contribution in [0.2, 0.25) is 0 Å². The van der Waals surface area contributed by atoms with Crippen molar-refractivity contribution in [2.24, 2.45) is 0 Å². The second kappa shape index (κ2) is 7.92. The van der Waals surface area contributed by atoms with Gasteiger partial charge in [-0.05, 0) is 64.6 Å². The summed E-state index contributed by atoms with van der Waals surface area (Å²) >= 11 is 0. The lowest BCUT2D eigenvalue weighted by Gasteiger charge is -2.24. The van der Waals surface area contributed by atoms with E-state index in [9.17, 15) is 0 Å². The van der Waals surface area contributed by atoms with Crippen LogP contribution in [0.5, 0.6) is 0 Å².